The van der Waals surface area contributed by atoms with Crippen LogP contribution in [0.5, 0.6) is 0 Å². The summed E-state index contributed by atoms with van der Waals surface area (Å²) in [6, 6.07) is 0.325. The Kier molecular flexibility index (Phi) is 8.85. The molecule has 166 valence electrons. The number of nitrogens with zero attached hydrogens (tertiary/aromatic N) is 1. The summed E-state index contributed by atoms with van der Waals surface area (Å²) in [6.45, 7) is 2.74. The molecule has 0 aromatic rings. The number of carbonyl (C=O) groups is 1. The molecule has 2 fully saturated rings. The minimum absolute atomic E-state index is 0.0167. The number of likely N-dealkylation sites (N-methyl/N-ethyl adjacent to an activating group) is 1. The molecule has 1 N–H and O–H groups in total. The van der Waals surface area contributed by atoms with E-state index in [0.717, 1.165) is 25.7 Å². The van der Waals surface area contributed by atoms with Crippen LogP contribution >= 0.6 is 0 Å². The highest BCUT2D eigenvalue weighted by molar-refractivity contribution is 5.91. The van der Waals surface area contributed by atoms with E-state index < -0.39 is 0 Å². The summed E-state index contributed by atoms with van der Waals surface area (Å²) in [4.78, 5) is 15.2. The van der Waals surface area contributed by atoms with Gasteiger partial charge in [0.1, 0.15) is 0 Å². The van der Waals surface area contributed by atoms with E-state index in [9.17, 15) is 9.90 Å². The minimum atomic E-state index is -0.387. The van der Waals surface area contributed by atoms with Gasteiger partial charge in [-0.05, 0) is 63.4 Å². The van der Waals surface area contributed by atoms with Gasteiger partial charge in [0.25, 0.3) is 5.91 Å². The molecule has 5 heteroatoms. The van der Waals surface area contributed by atoms with Gasteiger partial charge in [0.15, 0.2) is 5.76 Å². The maximum Gasteiger partial charge on any atom is 0.288 e. The Hall–Kier alpha value is -1.07. The zero-order valence-electron chi connectivity index (χ0n) is 18.5. The molecule has 5 nitrogen and oxygen atoms in total. The van der Waals surface area contributed by atoms with E-state index in [0.29, 0.717) is 30.2 Å². The lowest BCUT2D eigenvalue weighted by molar-refractivity contribution is -0.180. The highest BCUT2D eigenvalue weighted by atomic mass is 16.7. The maximum absolute atomic E-state index is 13.3. The van der Waals surface area contributed by atoms with Crippen molar-refractivity contribution in [3.63, 3.8) is 0 Å². The van der Waals surface area contributed by atoms with Crippen molar-refractivity contribution in [2.75, 3.05) is 20.3 Å². The van der Waals surface area contributed by atoms with Crippen LogP contribution in [0, 0.1) is 17.8 Å². The number of aliphatic hydroxyl groups excluding tert-OH is 1. The van der Waals surface area contributed by atoms with E-state index in [1.54, 1.807) is 0 Å². The summed E-state index contributed by atoms with van der Waals surface area (Å²) < 4.78 is 12.2. The summed E-state index contributed by atoms with van der Waals surface area (Å²) >= 11 is 0. The smallest absolute Gasteiger partial charge is 0.288 e. The fourth-order valence-corrected chi connectivity index (χ4v) is 5.64. The van der Waals surface area contributed by atoms with Gasteiger partial charge in [-0.3, -0.25) is 4.79 Å². The van der Waals surface area contributed by atoms with Crippen molar-refractivity contribution in [3.05, 3.63) is 11.8 Å². The first-order valence-corrected chi connectivity index (χ1v) is 12.0. The highest BCUT2D eigenvalue weighted by Crippen LogP contribution is 2.42. The van der Waals surface area contributed by atoms with E-state index in [4.69, 9.17) is 9.47 Å². The van der Waals surface area contributed by atoms with Gasteiger partial charge in [-0.1, -0.05) is 38.5 Å². The van der Waals surface area contributed by atoms with Crippen molar-refractivity contribution in [1.29, 1.82) is 0 Å². The second kappa shape index (κ2) is 11.4. The lowest BCUT2D eigenvalue weighted by Crippen LogP contribution is -2.45. The number of hydrogen-bond donors (Lipinski definition) is 1. The number of carbonyl (C=O) groups excluding carboxylic acids is 1. The molecule has 1 amide bonds. The van der Waals surface area contributed by atoms with Crippen molar-refractivity contribution in [1.82, 2.24) is 4.90 Å². The van der Waals surface area contributed by atoms with Crippen molar-refractivity contribution in [2.45, 2.75) is 96.3 Å². The zero-order valence-corrected chi connectivity index (χ0v) is 18.5. The third kappa shape index (κ3) is 5.75. The summed E-state index contributed by atoms with van der Waals surface area (Å²) in [5.74, 6) is 1.60. The van der Waals surface area contributed by atoms with Crippen LogP contribution in [0.4, 0.5) is 0 Å². The number of allylic oxidation sites excluding steroid dienone is 1. The van der Waals surface area contributed by atoms with Crippen molar-refractivity contribution in [2.24, 2.45) is 17.8 Å². The van der Waals surface area contributed by atoms with Crippen molar-refractivity contribution >= 4 is 5.91 Å². The standard InChI is InChI=1S/C24H41NO4/c1-3-28-24-20(15-10-16-26)21(18-11-6-4-7-12-18)17-22(29-24)23(27)25(2)19-13-8-5-9-14-19/h17-21,24,26H,3-16H2,1-2H3/t20-,21-,24-/m1/s1. The molecule has 3 atom stereocenters. The molecular weight excluding hydrogens is 366 g/mol. The van der Waals surface area contributed by atoms with Gasteiger partial charge in [-0.2, -0.15) is 0 Å². The lowest BCUT2D eigenvalue weighted by atomic mass is 9.71. The summed E-state index contributed by atoms with van der Waals surface area (Å²) in [5.41, 5.74) is 0. The second-order valence-electron chi connectivity index (χ2n) is 9.19. The third-order valence-corrected chi connectivity index (χ3v) is 7.31. The fraction of sp³-hybridized carbons (Fsp3) is 0.875. The molecule has 2 saturated carbocycles. The van der Waals surface area contributed by atoms with Gasteiger partial charge in [0, 0.05) is 32.2 Å². The number of aliphatic hydroxyl groups is 1. The van der Waals surface area contributed by atoms with E-state index in [-0.39, 0.29) is 24.7 Å². The molecule has 3 rings (SSSR count). The van der Waals surface area contributed by atoms with Crippen molar-refractivity contribution in [3.8, 4) is 0 Å². The Morgan fingerprint density at radius 1 is 1.14 bits per heavy atom. The topological polar surface area (TPSA) is 59.0 Å². The molecule has 3 aliphatic rings. The molecular formula is C24H41NO4. The van der Waals surface area contributed by atoms with Crippen LogP contribution < -0.4 is 0 Å². The zero-order chi connectivity index (χ0) is 20.6. The number of ether oxygens (including phenoxy) is 2. The monoisotopic (exact) mass is 407 g/mol. The molecule has 0 aromatic heterocycles. The van der Waals surface area contributed by atoms with Gasteiger partial charge in [0.2, 0.25) is 6.29 Å². The van der Waals surface area contributed by atoms with E-state index >= 15 is 0 Å². The predicted molar refractivity (Wildman–Crippen MR) is 114 cm³/mol. The van der Waals surface area contributed by atoms with Crippen molar-refractivity contribution < 1.29 is 19.4 Å². The first-order chi connectivity index (χ1) is 14.2. The van der Waals surface area contributed by atoms with E-state index in [2.05, 4.69) is 6.08 Å². The molecule has 0 unspecified atom stereocenters. The fourth-order valence-electron chi connectivity index (χ4n) is 5.64. The SMILES string of the molecule is CCO[C@@H]1OC(C(=O)N(C)C2CCCCC2)=C[C@H](C2CCCCC2)[C@H]1CCCO. The lowest BCUT2D eigenvalue weighted by Gasteiger charge is -2.42. The molecule has 2 aliphatic carbocycles. The largest absolute Gasteiger partial charge is 0.459 e. The quantitative estimate of drug-likeness (QED) is 0.637. The van der Waals surface area contributed by atoms with Crippen LogP contribution in [0.1, 0.15) is 84.0 Å². The molecule has 0 aromatic carbocycles. The molecule has 1 aliphatic heterocycles. The number of amides is 1. The Morgan fingerprint density at radius 2 is 1.79 bits per heavy atom. The van der Waals surface area contributed by atoms with Crippen LogP contribution in [0.3, 0.4) is 0 Å². The Labute approximate surface area is 176 Å². The van der Waals surface area contributed by atoms with Crippen LogP contribution in [0.25, 0.3) is 0 Å². The summed E-state index contributed by atoms with van der Waals surface area (Å²) in [5, 5.41) is 9.41. The predicted octanol–water partition coefficient (Wildman–Crippen LogP) is 4.64. The van der Waals surface area contributed by atoms with Crippen LogP contribution in [0.2, 0.25) is 0 Å². The molecule has 0 radical (unpaired) electrons. The van der Waals surface area contributed by atoms with Gasteiger partial charge in [-0.25, -0.2) is 0 Å². The minimum Gasteiger partial charge on any atom is -0.459 e. The number of hydrogen-bond acceptors (Lipinski definition) is 4. The first-order valence-electron chi connectivity index (χ1n) is 12.0. The normalized spacial score (nSPS) is 29.2. The number of rotatable bonds is 8. The van der Waals surface area contributed by atoms with Gasteiger partial charge in [-0.15, -0.1) is 0 Å². The molecule has 29 heavy (non-hydrogen) atoms. The van der Waals surface area contributed by atoms with Crippen LogP contribution in [-0.2, 0) is 14.3 Å². The second-order valence-corrected chi connectivity index (χ2v) is 9.19. The average molecular weight is 408 g/mol. The third-order valence-electron chi connectivity index (χ3n) is 7.31. The summed E-state index contributed by atoms with van der Waals surface area (Å²) in [7, 11) is 1.94. The first kappa shape index (κ1) is 22.6. The Morgan fingerprint density at radius 3 is 2.41 bits per heavy atom. The average Bonchev–Trinajstić information content (AvgIpc) is 2.78. The van der Waals surface area contributed by atoms with E-state index in [1.165, 1.54) is 51.4 Å². The highest BCUT2D eigenvalue weighted by Gasteiger charge is 2.41. The van der Waals surface area contributed by atoms with Gasteiger partial charge >= 0.3 is 0 Å². The Balaban J connectivity index is 1.82. The summed E-state index contributed by atoms with van der Waals surface area (Å²) in [6.07, 6.45) is 15.5. The van der Waals surface area contributed by atoms with Crippen LogP contribution in [-0.4, -0.2) is 48.5 Å². The van der Waals surface area contributed by atoms with Gasteiger partial charge < -0.3 is 19.5 Å². The Bertz CT molecular complexity index is 537. The van der Waals surface area contributed by atoms with Crippen LogP contribution in [0.15, 0.2) is 11.8 Å². The molecule has 0 bridgehead atoms. The maximum atomic E-state index is 13.3. The molecule has 1 heterocycles. The van der Waals surface area contributed by atoms with Gasteiger partial charge in [0.05, 0.1) is 0 Å². The molecule has 0 spiro atoms. The molecule has 0 saturated heterocycles. The van der Waals surface area contributed by atoms with E-state index in [1.807, 2.05) is 18.9 Å².